The number of ether oxygens (including phenoxy) is 1. The van der Waals surface area contributed by atoms with Gasteiger partial charge < -0.3 is 14.9 Å². The summed E-state index contributed by atoms with van der Waals surface area (Å²) in [4.78, 5) is 0. The van der Waals surface area contributed by atoms with E-state index in [4.69, 9.17) is 9.84 Å². The van der Waals surface area contributed by atoms with Gasteiger partial charge in [-0.05, 0) is 73.6 Å². The lowest BCUT2D eigenvalue weighted by Crippen LogP contribution is -2.23. The lowest BCUT2D eigenvalue weighted by Gasteiger charge is -2.17. The van der Waals surface area contributed by atoms with Gasteiger partial charge in [-0.1, -0.05) is 46.6 Å². The Kier molecular flexibility index (Phi) is 14.3. The van der Waals surface area contributed by atoms with Crippen molar-refractivity contribution >= 4 is 0 Å². The van der Waals surface area contributed by atoms with E-state index in [1.54, 1.807) is 0 Å². The molecule has 2 atom stereocenters. The monoisotopic (exact) mass is 364 g/mol. The van der Waals surface area contributed by atoms with Gasteiger partial charge in [0.2, 0.25) is 0 Å². The van der Waals surface area contributed by atoms with Crippen LogP contribution in [0, 0.1) is 0 Å². The van der Waals surface area contributed by atoms with E-state index in [2.05, 4.69) is 65.8 Å². The molecule has 0 heterocycles. The van der Waals surface area contributed by atoms with Crippen LogP contribution in [0.25, 0.3) is 0 Å². The van der Waals surface area contributed by atoms with Crippen LogP contribution in [0.2, 0.25) is 0 Å². The number of allylic oxidation sites excluding steroid dienone is 6. The third-order valence-corrected chi connectivity index (χ3v) is 4.06. The molecule has 0 aromatic carbocycles. The van der Waals surface area contributed by atoms with E-state index in [9.17, 15) is 5.11 Å². The fourth-order valence-electron chi connectivity index (χ4n) is 2.47. The van der Waals surface area contributed by atoms with Crippen LogP contribution in [0.4, 0.5) is 0 Å². The quantitative estimate of drug-likeness (QED) is 0.424. The molecule has 0 spiro atoms. The van der Waals surface area contributed by atoms with Crippen molar-refractivity contribution in [2.75, 3.05) is 13.2 Å². The van der Waals surface area contributed by atoms with E-state index >= 15 is 0 Å². The van der Waals surface area contributed by atoms with Gasteiger partial charge in [-0.25, -0.2) is 0 Å². The standard InChI is InChI=1S/C23H40O3/c1-18(2)9-7-11-20(5)13-14-23(26-17-22(25)16-24)15-21(6)12-8-10-19(3)4/h9-10,13,15,22-25H,7-8,11-12,14,16-17H2,1-6H3/b20-13+,21-15+. The van der Waals surface area contributed by atoms with Crippen molar-refractivity contribution in [2.24, 2.45) is 0 Å². The van der Waals surface area contributed by atoms with Crippen LogP contribution in [-0.2, 0) is 4.74 Å². The molecule has 0 aromatic heterocycles. The average Bonchev–Trinajstić information content (AvgIpc) is 2.56. The minimum absolute atomic E-state index is 0.0682. The van der Waals surface area contributed by atoms with Gasteiger partial charge in [-0.15, -0.1) is 0 Å². The van der Waals surface area contributed by atoms with Gasteiger partial charge in [0.05, 0.1) is 19.3 Å². The van der Waals surface area contributed by atoms with E-state index in [-0.39, 0.29) is 19.3 Å². The molecule has 0 bridgehead atoms. The van der Waals surface area contributed by atoms with Crippen LogP contribution < -0.4 is 0 Å². The molecule has 0 aliphatic heterocycles. The Morgan fingerprint density at radius 2 is 1.38 bits per heavy atom. The molecule has 0 fully saturated rings. The van der Waals surface area contributed by atoms with Crippen LogP contribution in [0.1, 0.15) is 73.6 Å². The van der Waals surface area contributed by atoms with Gasteiger partial charge in [-0.2, -0.15) is 0 Å². The van der Waals surface area contributed by atoms with Gasteiger partial charge in [0.1, 0.15) is 6.10 Å². The second kappa shape index (κ2) is 15.0. The molecule has 2 N–H and O–H groups in total. The first-order valence-electron chi connectivity index (χ1n) is 9.74. The highest BCUT2D eigenvalue weighted by Gasteiger charge is 2.09. The normalized spacial score (nSPS) is 14.8. The van der Waals surface area contributed by atoms with Crippen molar-refractivity contribution < 1.29 is 14.9 Å². The van der Waals surface area contributed by atoms with Gasteiger partial charge in [0, 0.05) is 0 Å². The molecule has 0 aliphatic rings. The van der Waals surface area contributed by atoms with Crippen LogP contribution >= 0.6 is 0 Å². The molecule has 2 unspecified atom stereocenters. The summed E-state index contributed by atoms with van der Waals surface area (Å²) in [5.74, 6) is 0. The molecule has 3 heteroatoms. The summed E-state index contributed by atoms with van der Waals surface area (Å²) in [6, 6.07) is 0. The zero-order valence-electron chi connectivity index (χ0n) is 17.7. The van der Waals surface area contributed by atoms with E-state index in [1.807, 2.05) is 0 Å². The molecule has 3 nitrogen and oxygen atoms in total. The van der Waals surface area contributed by atoms with Crippen molar-refractivity contribution in [1.29, 1.82) is 0 Å². The Labute approximate surface area is 161 Å². The molecular formula is C23H40O3. The number of hydrogen-bond acceptors (Lipinski definition) is 3. The topological polar surface area (TPSA) is 49.7 Å². The van der Waals surface area contributed by atoms with E-state index < -0.39 is 6.10 Å². The molecule has 0 aliphatic carbocycles. The lowest BCUT2D eigenvalue weighted by atomic mass is 10.0. The van der Waals surface area contributed by atoms with Gasteiger partial charge >= 0.3 is 0 Å². The Hall–Kier alpha value is -1.16. The smallest absolute Gasteiger partial charge is 0.100 e. The second-order valence-electron chi connectivity index (χ2n) is 7.65. The highest BCUT2D eigenvalue weighted by Crippen LogP contribution is 2.14. The predicted octanol–water partition coefficient (Wildman–Crippen LogP) is 5.50. The van der Waals surface area contributed by atoms with Crippen LogP contribution in [-0.4, -0.2) is 35.6 Å². The highest BCUT2D eigenvalue weighted by molar-refractivity contribution is 5.09. The summed E-state index contributed by atoms with van der Waals surface area (Å²) in [5, 5.41) is 18.6. The molecule has 0 radical (unpaired) electrons. The van der Waals surface area contributed by atoms with Crippen molar-refractivity contribution in [2.45, 2.75) is 85.9 Å². The van der Waals surface area contributed by atoms with Crippen molar-refractivity contribution in [3.8, 4) is 0 Å². The summed E-state index contributed by atoms with van der Waals surface area (Å²) >= 11 is 0. The number of aliphatic hydroxyl groups is 2. The van der Waals surface area contributed by atoms with Gasteiger partial charge in [0.25, 0.3) is 0 Å². The maximum absolute atomic E-state index is 9.56. The van der Waals surface area contributed by atoms with Crippen LogP contribution in [0.15, 0.2) is 46.6 Å². The molecule has 0 saturated heterocycles. The summed E-state index contributed by atoms with van der Waals surface area (Å²) in [6.45, 7) is 12.6. The summed E-state index contributed by atoms with van der Waals surface area (Å²) in [5.41, 5.74) is 5.34. The Morgan fingerprint density at radius 3 is 1.88 bits per heavy atom. The molecular weight excluding hydrogens is 324 g/mol. The fraction of sp³-hybridized carbons (Fsp3) is 0.652. The Balaban J connectivity index is 4.76. The zero-order chi connectivity index (χ0) is 19.9. The molecule has 0 saturated carbocycles. The van der Waals surface area contributed by atoms with Gasteiger partial charge in [0.15, 0.2) is 0 Å². The third kappa shape index (κ3) is 15.1. The van der Waals surface area contributed by atoms with E-state index in [0.717, 1.165) is 32.1 Å². The Morgan fingerprint density at radius 1 is 0.846 bits per heavy atom. The van der Waals surface area contributed by atoms with Crippen molar-refractivity contribution in [3.63, 3.8) is 0 Å². The second-order valence-corrected chi connectivity index (χ2v) is 7.65. The number of rotatable bonds is 13. The molecule has 0 rings (SSSR count). The average molecular weight is 365 g/mol. The summed E-state index contributed by atoms with van der Waals surface area (Å²) in [6.07, 6.45) is 13.0. The zero-order valence-corrected chi connectivity index (χ0v) is 17.7. The SMILES string of the molecule is CC(C)=CCC/C(C)=C/CC(/C=C(\C)CCC=C(C)C)OCC(O)CO. The summed E-state index contributed by atoms with van der Waals surface area (Å²) in [7, 11) is 0. The molecule has 26 heavy (non-hydrogen) atoms. The minimum atomic E-state index is -0.820. The maximum atomic E-state index is 9.56. The van der Waals surface area contributed by atoms with Crippen molar-refractivity contribution in [1.82, 2.24) is 0 Å². The highest BCUT2D eigenvalue weighted by atomic mass is 16.5. The first-order valence-corrected chi connectivity index (χ1v) is 9.74. The third-order valence-electron chi connectivity index (χ3n) is 4.06. The van der Waals surface area contributed by atoms with Gasteiger partial charge in [-0.3, -0.25) is 0 Å². The minimum Gasteiger partial charge on any atom is -0.394 e. The maximum Gasteiger partial charge on any atom is 0.100 e. The van der Waals surface area contributed by atoms with E-state index in [1.165, 1.54) is 22.3 Å². The van der Waals surface area contributed by atoms with Crippen LogP contribution in [0.3, 0.4) is 0 Å². The van der Waals surface area contributed by atoms with Crippen LogP contribution in [0.5, 0.6) is 0 Å². The lowest BCUT2D eigenvalue weighted by molar-refractivity contribution is -0.0131. The fourth-order valence-corrected chi connectivity index (χ4v) is 2.47. The number of aliphatic hydroxyl groups excluding tert-OH is 2. The first-order chi connectivity index (χ1) is 12.2. The summed E-state index contributed by atoms with van der Waals surface area (Å²) < 4.78 is 5.83. The van der Waals surface area contributed by atoms with Crippen molar-refractivity contribution in [3.05, 3.63) is 46.6 Å². The predicted molar refractivity (Wildman–Crippen MR) is 112 cm³/mol. The Bertz CT molecular complexity index is 490. The molecule has 0 amide bonds. The first kappa shape index (κ1) is 24.8. The molecule has 0 aromatic rings. The molecule has 150 valence electrons. The number of hydrogen-bond donors (Lipinski definition) is 2. The largest absolute Gasteiger partial charge is 0.394 e. The van der Waals surface area contributed by atoms with E-state index in [0.29, 0.717) is 0 Å².